The zero-order chi connectivity index (χ0) is 14.4. The van der Waals surface area contributed by atoms with Crippen LogP contribution in [0.3, 0.4) is 0 Å². The van der Waals surface area contributed by atoms with Gasteiger partial charge in [-0.25, -0.2) is 0 Å². The summed E-state index contributed by atoms with van der Waals surface area (Å²) in [4.78, 5) is 2.51. The smallest absolute Gasteiger partial charge is 0.0366 e. The number of likely N-dealkylation sites (N-methyl/N-ethyl adjacent to an activating group) is 2. The second-order valence-electron chi connectivity index (χ2n) is 6.17. The highest BCUT2D eigenvalue weighted by Crippen LogP contribution is 2.27. The van der Waals surface area contributed by atoms with Crippen molar-refractivity contribution in [3.8, 4) is 0 Å². The van der Waals surface area contributed by atoms with E-state index in [9.17, 15) is 0 Å². The van der Waals surface area contributed by atoms with Gasteiger partial charge in [0.2, 0.25) is 0 Å². The van der Waals surface area contributed by atoms with E-state index in [1.807, 2.05) is 0 Å². The van der Waals surface area contributed by atoms with Crippen molar-refractivity contribution in [3.05, 3.63) is 29.8 Å². The van der Waals surface area contributed by atoms with Gasteiger partial charge in [-0.15, -0.1) is 0 Å². The van der Waals surface area contributed by atoms with Crippen LogP contribution in [0.25, 0.3) is 0 Å². The Kier molecular flexibility index (Phi) is 5.90. The maximum atomic E-state index is 3.58. The zero-order valence-corrected chi connectivity index (χ0v) is 13.4. The molecule has 1 aliphatic rings. The quantitative estimate of drug-likeness (QED) is 0.844. The minimum atomic E-state index is 0.622. The molecule has 0 bridgehead atoms. The van der Waals surface area contributed by atoms with Crippen LogP contribution in [-0.2, 0) is 0 Å². The molecule has 0 spiro atoms. The fourth-order valence-electron chi connectivity index (χ4n) is 3.42. The zero-order valence-electron chi connectivity index (χ0n) is 13.4. The van der Waals surface area contributed by atoms with E-state index in [4.69, 9.17) is 0 Å². The van der Waals surface area contributed by atoms with Gasteiger partial charge in [0.1, 0.15) is 0 Å². The number of rotatable bonds is 6. The maximum Gasteiger partial charge on any atom is 0.0366 e. The van der Waals surface area contributed by atoms with E-state index < -0.39 is 0 Å². The summed E-state index contributed by atoms with van der Waals surface area (Å²) in [6, 6.07) is 9.57. The Morgan fingerprint density at radius 2 is 1.80 bits per heavy atom. The van der Waals surface area contributed by atoms with Gasteiger partial charge < -0.3 is 10.2 Å². The van der Waals surface area contributed by atoms with Gasteiger partial charge in [-0.2, -0.15) is 0 Å². The van der Waals surface area contributed by atoms with Gasteiger partial charge in [0.15, 0.2) is 0 Å². The van der Waals surface area contributed by atoms with Gasteiger partial charge in [-0.1, -0.05) is 37.0 Å². The monoisotopic (exact) mass is 274 g/mol. The van der Waals surface area contributed by atoms with Crippen LogP contribution in [0, 0.1) is 12.8 Å². The van der Waals surface area contributed by atoms with E-state index in [1.165, 1.54) is 43.4 Å². The summed E-state index contributed by atoms with van der Waals surface area (Å²) in [5.74, 6) is 0.855. The molecule has 2 rings (SSSR count). The molecule has 1 aromatic carbocycles. The Morgan fingerprint density at radius 1 is 1.15 bits per heavy atom. The van der Waals surface area contributed by atoms with Gasteiger partial charge in [0.05, 0.1) is 0 Å². The molecular formula is C18H30N2. The minimum Gasteiger partial charge on any atom is -0.370 e. The normalized spacial score (nSPS) is 17.9. The second-order valence-corrected chi connectivity index (χ2v) is 6.17. The van der Waals surface area contributed by atoms with Gasteiger partial charge in [-0.05, 0) is 51.8 Å². The Bertz CT molecular complexity index is 379. The molecule has 0 radical (unpaired) electrons. The first kappa shape index (κ1) is 15.4. The average Bonchev–Trinajstić information content (AvgIpc) is 2.51. The largest absolute Gasteiger partial charge is 0.370 e. The molecule has 2 heteroatoms. The fraction of sp³-hybridized carbons (Fsp3) is 0.667. The van der Waals surface area contributed by atoms with Crippen LogP contribution < -0.4 is 10.2 Å². The van der Waals surface area contributed by atoms with Crippen molar-refractivity contribution < 1.29 is 0 Å². The molecule has 0 amide bonds. The van der Waals surface area contributed by atoms with Crippen LogP contribution >= 0.6 is 0 Å². The Hall–Kier alpha value is -1.02. The first-order valence-electron chi connectivity index (χ1n) is 8.23. The summed E-state index contributed by atoms with van der Waals surface area (Å²) in [7, 11) is 2.13. The van der Waals surface area contributed by atoms with Crippen molar-refractivity contribution in [2.45, 2.75) is 52.0 Å². The van der Waals surface area contributed by atoms with Gasteiger partial charge >= 0.3 is 0 Å². The molecule has 0 saturated heterocycles. The molecule has 0 heterocycles. The molecule has 20 heavy (non-hydrogen) atoms. The summed E-state index contributed by atoms with van der Waals surface area (Å²) < 4.78 is 0. The lowest BCUT2D eigenvalue weighted by molar-refractivity contribution is 0.279. The van der Waals surface area contributed by atoms with Crippen molar-refractivity contribution in [2.24, 2.45) is 5.92 Å². The molecule has 1 saturated carbocycles. The van der Waals surface area contributed by atoms with E-state index in [-0.39, 0.29) is 0 Å². The van der Waals surface area contributed by atoms with Crippen LogP contribution in [0.2, 0.25) is 0 Å². The van der Waals surface area contributed by atoms with Gasteiger partial charge in [0, 0.05) is 24.8 Å². The van der Waals surface area contributed by atoms with Crippen LogP contribution in [0.4, 0.5) is 5.69 Å². The molecule has 112 valence electrons. The highest BCUT2D eigenvalue weighted by atomic mass is 15.1. The van der Waals surface area contributed by atoms with Crippen LogP contribution in [0.5, 0.6) is 0 Å². The first-order valence-corrected chi connectivity index (χ1v) is 8.23. The molecule has 1 aliphatic carbocycles. The molecule has 1 N–H and O–H groups in total. The molecule has 1 unspecified atom stereocenters. The van der Waals surface area contributed by atoms with Gasteiger partial charge in [-0.3, -0.25) is 0 Å². The summed E-state index contributed by atoms with van der Waals surface area (Å²) in [5.41, 5.74) is 2.69. The number of benzene rings is 1. The number of aryl methyl sites for hydroxylation is 1. The predicted molar refractivity (Wildman–Crippen MR) is 88.5 cm³/mol. The third-order valence-electron chi connectivity index (χ3n) is 4.79. The SMILES string of the molecule is CCN(CC(NC)C1CCCCC1)c1ccc(C)cc1. The Morgan fingerprint density at radius 3 is 2.35 bits per heavy atom. The van der Waals surface area contributed by atoms with E-state index in [2.05, 4.69) is 55.4 Å². The summed E-state index contributed by atoms with van der Waals surface area (Å²) in [6.07, 6.45) is 7.06. The second kappa shape index (κ2) is 7.68. The van der Waals surface area contributed by atoms with Crippen LogP contribution in [-0.4, -0.2) is 26.2 Å². The Labute approximate surface area is 124 Å². The molecular weight excluding hydrogens is 244 g/mol. The minimum absolute atomic E-state index is 0.622. The molecule has 2 nitrogen and oxygen atoms in total. The Balaban J connectivity index is 2.01. The van der Waals surface area contributed by atoms with E-state index >= 15 is 0 Å². The molecule has 0 aliphatic heterocycles. The number of nitrogens with zero attached hydrogens (tertiary/aromatic N) is 1. The highest BCUT2D eigenvalue weighted by Gasteiger charge is 2.24. The standard InChI is InChI=1S/C18H30N2/c1-4-20(17-12-10-15(2)11-13-17)14-18(19-3)16-8-6-5-7-9-16/h10-13,16,18-19H,4-9,14H2,1-3H3. The molecule has 1 aromatic rings. The summed E-state index contributed by atoms with van der Waals surface area (Å²) >= 11 is 0. The summed E-state index contributed by atoms with van der Waals surface area (Å²) in [6.45, 7) is 6.61. The number of nitrogens with one attached hydrogen (secondary N) is 1. The lowest BCUT2D eigenvalue weighted by atomic mass is 9.83. The van der Waals surface area contributed by atoms with Crippen molar-refractivity contribution in [3.63, 3.8) is 0 Å². The van der Waals surface area contributed by atoms with Crippen molar-refractivity contribution in [1.82, 2.24) is 5.32 Å². The number of hydrogen-bond donors (Lipinski definition) is 1. The van der Waals surface area contributed by atoms with E-state index in [0.29, 0.717) is 6.04 Å². The van der Waals surface area contributed by atoms with E-state index in [0.717, 1.165) is 19.0 Å². The van der Waals surface area contributed by atoms with Crippen molar-refractivity contribution in [1.29, 1.82) is 0 Å². The number of hydrogen-bond acceptors (Lipinski definition) is 2. The highest BCUT2D eigenvalue weighted by molar-refractivity contribution is 5.47. The topological polar surface area (TPSA) is 15.3 Å². The van der Waals surface area contributed by atoms with Gasteiger partial charge in [0.25, 0.3) is 0 Å². The summed E-state index contributed by atoms with van der Waals surface area (Å²) in [5, 5.41) is 3.58. The van der Waals surface area contributed by atoms with Crippen LogP contribution in [0.15, 0.2) is 24.3 Å². The third kappa shape index (κ3) is 3.99. The predicted octanol–water partition coefficient (Wildman–Crippen LogP) is 3.99. The van der Waals surface area contributed by atoms with Crippen molar-refractivity contribution >= 4 is 5.69 Å². The molecule has 1 atom stereocenters. The number of anilines is 1. The third-order valence-corrected chi connectivity index (χ3v) is 4.79. The fourth-order valence-corrected chi connectivity index (χ4v) is 3.42. The maximum absolute atomic E-state index is 3.58. The molecule has 1 fully saturated rings. The first-order chi connectivity index (χ1) is 9.74. The van der Waals surface area contributed by atoms with E-state index in [1.54, 1.807) is 0 Å². The molecule has 0 aromatic heterocycles. The van der Waals surface area contributed by atoms with Crippen LogP contribution in [0.1, 0.15) is 44.6 Å². The lowest BCUT2D eigenvalue weighted by Gasteiger charge is -2.35. The average molecular weight is 274 g/mol. The lowest BCUT2D eigenvalue weighted by Crippen LogP contribution is -2.45. The van der Waals surface area contributed by atoms with Crippen molar-refractivity contribution in [2.75, 3.05) is 25.0 Å².